The summed E-state index contributed by atoms with van der Waals surface area (Å²) in [6, 6.07) is 10.1. The molecule has 1 aliphatic heterocycles. The van der Waals surface area contributed by atoms with Crippen LogP contribution in [-0.4, -0.2) is 30.1 Å². The van der Waals surface area contributed by atoms with Crippen molar-refractivity contribution in [3.8, 4) is 0 Å². The van der Waals surface area contributed by atoms with Crippen LogP contribution in [0, 0.1) is 5.92 Å². The summed E-state index contributed by atoms with van der Waals surface area (Å²) in [6.07, 6.45) is 7.18. The van der Waals surface area contributed by atoms with Crippen molar-refractivity contribution in [2.24, 2.45) is 5.92 Å². The van der Waals surface area contributed by atoms with Crippen molar-refractivity contribution in [2.45, 2.75) is 57.7 Å². The molecule has 0 bridgehead atoms. The van der Waals surface area contributed by atoms with Gasteiger partial charge in [0.25, 0.3) is 0 Å². The first kappa shape index (κ1) is 15.5. The Morgan fingerprint density at radius 3 is 2.57 bits per heavy atom. The molecule has 1 aromatic carbocycles. The van der Waals surface area contributed by atoms with E-state index in [4.69, 9.17) is 0 Å². The maximum atomic E-state index is 3.81. The summed E-state index contributed by atoms with van der Waals surface area (Å²) in [7, 11) is 0. The maximum Gasteiger partial charge on any atom is 0.0237 e. The summed E-state index contributed by atoms with van der Waals surface area (Å²) in [6.45, 7) is 5.78. The highest BCUT2D eigenvalue weighted by atomic mass is 79.9. The molecule has 2 nitrogen and oxygen atoms in total. The third-order valence-corrected chi connectivity index (χ3v) is 5.78. The molecule has 3 heteroatoms. The molecule has 1 N–H and O–H groups in total. The second-order valence-corrected chi connectivity index (χ2v) is 7.73. The fourth-order valence-electron chi connectivity index (χ4n) is 3.85. The molecule has 0 spiro atoms. The van der Waals surface area contributed by atoms with Gasteiger partial charge in [-0.1, -0.05) is 47.3 Å². The van der Waals surface area contributed by atoms with Crippen LogP contribution >= 0.6 is 15.9 Å². The van der Waals surface area contributed by atoms with Crippen LogP contribution in [0.5, 0.6) is 0 Å². The van der Waals surface area contributed by atoms with Crippen LogP contribution in [0.15, 0.2) is 28.7 Å². The number of halogens is 1. The van der Waals surface area contributed by atoms with Gasteiger partial charge in [0, 0.05) is 36.2 Å². The predicted octanol–water partition coefficient (Wildman–Crippen LogP) is 4.19. The van der Waals surface area contributed by atoms with Gasteiger partial charge in [0.05, 0.1) is 0 Å². The predicted molar refractivity (Wildman–Crippen MR) is 92.4 cm³/mol. The molecule has 3 rings (SSSR count). The van der Waals surface area contributed by atoms with Crippen LogP contribution in [0.3, 0.4) is 0 Å². The lowest BCUT2D eigenvalue weighted by Gasteiger charge is -2.43. The second kappa shape index (κ2) is 7.26. The van der Waals surface area contributed by atoms with E-state index < -0.39 is 0 Å². The van der Waals surface area contributed by atoms with Crippen molar-refractivity contribution in [1.29, 1.82) is 0 Å². The Morgan fingerprint density at radius 2 is 1.86 bits per heavy atom. The zero-order chi connectivity index (χ0) is 14.7. The normalized spacial score (nSPS) is 28.7. The number of rotatable bonds is 3. The highest BCUT2D eigenvalue weighted by Gasteiger charge is 2.30. The van der Waals surface area contributed by atoms with Crippen molar-refractivity contribution in [1.82, 2.24) is 10.2 Å². The number of nitrogens with one attached hydrogen (secondary N) is 1. The lowest BCUT2D eigenvalue weighted by Crippen LogP contribution is -2.57. The summed E-state index contributed by atoms with van der Waals surface area (Å²) in [4.78, 5) is 2.67. The summed E-state index contributed by atoms with van der Waals surface area (Å²) >= 11 is 3.52. The Balaban J connectivity index is 1.61. The highest BCUT2D eigenvalue weighted by Crippen LogP contribution is 2.28. The van der Waals surface area contributed by atoms with Crippen LogP contribution in [0.25, 0.3) is 0 Å². The summed E-state index contributed by atoms with van der Waals surface area (Å²) in [5.41, 5.74) is 1.43. The van der Waals surface area contributed by atoms with E-state index in [1.54, 1.807) is 0 Å². The topological polar surface area (TPSA) is 15.3 Å². The van der Waals surface area contributed by atoms with E-state index in [0.717, 1.165) is 19.0 Å². The van der Waals surface area contributed by atoms with Gasteiger partial charge in [0.1, 0.15) is 0 Å². The molecule has 1 aromatic rings. The van der Waals surface area contributed by atoms with Gasteiger partial charge in [-0.05, 0) is 43.4 Å². The smallest absolute Gasteiger partial charge is 0.0237 e. The van der Waals surface area contributed by atoms with Gasteiger partial charge < -0.3 is 5.32 Å². The fraction of sp³-hybridized carbons (Fsp3) is 0.667. The van der Waals surface area contributed by atoms with Crippen molar-refractivity contribution >= 4 is 15.9 Å². The van der Waals surface area contributed by atoms with Crippen molar-refractivity contribution in [3.63, 3.8) is 0 Å². The Morgan fingerprint density at radius 1 is 1.14 bits per heavy atom. The Labute approximate surface area is 137 Å². The molecule has 0 amide bonds. The molecule has 0 aromatic heterocycles. The van der Waals surface area contributed by atoms with Crippen LogP contribution in [-0.2, 0) is 6.54 Å². The van der Waals surface area contributed by atoms with Crippen molar-refractivity contribution < 1.29 is 0 Å². The third kappa shape index (κ3) is 4.08. The van der Waals surface area contributed by atoms with E-state index in [9.17, 15) is 0 Å². The largest absolute Gasteiger partial charge is 0.311 e. The molecule has 0 radical (unpaired) electrons. The van der Waals surface area contributed by atoms with Crippen LogP contribution in [0.4, 0.5) is 0 Å². The minimum Gasteiger partial charge on any atom is -0.311 e. The molecule has 2 aliphatic rings. The average Bonchev–Trinajstić information content (AvgIpc) is 2.52. The molecule has 2 fully saturated rings. The van der Waals surface area contributed by atoms with Gasteiger partial charge in [-0.15, -0.1) is 0 Å². The number of benzene rings is 1. The molecule has 1 aliphatic carbocycles. The Hall–Kier alpha value is -0.380. The SMILES string of the molecule is CC1CNC(C2CCCCC2)CN1Cc1ccc(Br)cc1. The molecular weight excluding hydrogens is 324 g/mol. The van der Waals surface area contributed by atoms with E-state index in [1.165, 1.54) is 48.7 Å². The highest BCUT2D eigenvalue weighted by molar-refractivity contribution is 9.10. The monoisotopic (exact) mass is 350 g/mol. The summed E-state index contributed by atoms with van der Waals surface area (Å²) < 4.78 is 1.17. The summed E-state index contributed by atoms with van der Waals surface area (Å²) in [5, 5.41) is 3.81. The van der Waals surface area contributed by atoms with E-state index >= 15 is 0 Å². The van der Waals surface area contributed by atoms with E-state index in [2.05, 4.69) is 57.3 Å². The number of nitrogens with zero attached hydrogens (tertiary/aromatic N) is 1. The van der Waals surface area contributed by atoms with Crippen molar-refractivity contribution in [3.05, 3.63) is 34.3 Å². The van der Waals surface area contributed by atoms with Gasteiger partial charge >= 0.3 is 0 Å². The Bertz CT molecular complexity index is 439. The zero-order valence-corrected chi connectivity index (χ0v) is 14.6. The number of hydrogen-bond donors (Lipinski definition) is 1. The van der Waals surface area contributed by atoms with Gasteiger partial charge in [-0.2, -0.15) is 0 Å². The lowest BCUT2D eigenvalue weighted by atomic mass is 9.82. The molecule has 2 unspecified atom stereocenters. The molecular formula is C18H27BrN2. The Kier molecular flexibility index (Phi) is 5.36. The number of piperazine rings is 1. The zero-order valence-electron chi connectivity index (χ0n) is 13.0. The lowest BCUT2D eigenvalue weighted by molar-refractivity contribution is 0.0981. The first-order valence-corrected chi connectivity index (χ1v) is 9.23. The third-order valence-electron chi connectivity index (χ3n) is 5.25. The maximum absolute atomic E-state index is 3.81. The van der Waals surface area contributed by atoms with Gasteiger partial charge in [-0.25, -0.2) is 0 Å². The minimum atomic E-state index is 0.633. The second-order valence-electron chi connectivity index (χ2n) is 6.82. The minimum absolute atomic E-state index is 0.633. The molecule has 2 atom stereocenters. The van der Waals surface area contributed by atoms with E-state index in [1.807, 2.05) is 0 Å². The van der Waals surface area contributed by atoms with Gasteiger partial charge in [0.15, 0.2) is 0 Å². The van der Waals surface area contributed by atoms with E-state index in [0.29, 0.717) is 12.1 Å². The molecule has 1 heterocycles. The van der Waals surface area contributed by atoms with E-state index in [-0.39, 0.29) is 0 Å². The van der Waals surface area contributed by atoms with Gasteiger partial charge in [-0.3, -0.25) is 4.90 Å². The first-order valence-electron chi connectivity index (χ1n) is 8.44. The molecule has 21 heavy (non-hydrogen) atoms. The molecule has 116 valence electrons. The van der Waals surface area contributed by atoms with Crippen LogP contribution < -0.4 is 5.32 Å². The first-order chi connectivity index (χ1) is 10.2. The van der Waals surface area contributed by atoms with Crippen molar-refractivity contribution in [2.75, 3.05) is 13.1 Å². The fourth-order valence-corrected chi connectivity index (χ4v) is 4.11. The molecule has 1 saturated heterocycles. The van der Waals surface area contributed by atoms with Crippen LogP contribution in [0.2, 0.25) is 0 Å². The average molecular weight is 351 g/mol. The number of hydrogen-bond acceptors (Lipinski definition) is 2. The summed E-state index contributed by atoms with van der Waals surface area (Å²) in [5.74, 6) is 0.902. The van der Waals surface area contributed by atoms with Gasteiger partial charge in [0.2, 0.25) is 0 Å². The van der Waals surface area contributed by atoms with Crippen LogP contribution in [0.1, 0.15) is 44.6 Å². The quantitative estimate of drug-likeness (QED) is 0.878. The standard InChI is InChI=1S/C18H27BrN2/c1-14-11-20-18(16-5-3-2-4-6-16)13-21(14)12-15-7-9-17(19)10-8-15/h7-10,14,16,18,20H,2-6,11-13H2,1H3. The molecule has 1 saturated carbocycles.